The Hall–Kier alpha value is -2.02. The summed E-state index contributed by atoms with van der Waals surface area (Å²) >= 11 is 0. The van der Waals surface area contributed by atoms with Gasteiger partial charge in [0.1, 0.15) is 5.82 Å². The second-order valence-electron chi connectivity index (χ2n) is 4.80. The molecular weight excluding hydrogens is 265 g/mol. The molecule has 2 N–H and O–H groups in total. The maximum Gasteiger partial charge on any atom is 0.274 e. The molecule has 1 saturated carbocycles. The van der Waals surface area contributed by atoms with Crippen LogP contribution in [0.1, 0.15) is 24.8 Å². The lowest BCUT2D eigenvalue weighted by atomic mass is 10.1. The number of hydrogen-bond acceptors (Lipinski definition) is 4. The first-order valence-electron chi connectivity index (χ1n) is 6.49. The summed E-state index contributed by atoms with van der Waals surface area (Å²) in [6, 6.07) is 3.67. The molecule has 1 aliphatic carbocycles. The largest absolute Gasteiger partial charge is 0.353 e. The predicted octanol–water partition coefficient (Wildman–Crippen LogP) is 1.49. The van der Waals surface area contributed by atoms with Crippen LogP contribution in [-0.2, 0) is 11.3 Å². The number of nitro benzene ring substituents is 1. The second-order valence-corrected chi connectivity index (χ2v) is 4.80. The summed E-state index contributed by atoms with van der Waals surface area (Å²) in [7, 11) is 0. The Kier molecular flexibility index (Phi) is 4.62. The standard InChI is InChI=1S/C13H16FN3O3/c14-10-1-4-12(17(19)20)9(7-10)8-15-6-5-13(18)16-11-2-3-11/h1,4,7,11,15H,2-3,5-6,8H2,(H,16,18). The molecule has 0 saturated heterocycles. The molecule has 2 rings (SSSR count). The smallest absolute Gasteiger partial charge is 0.274 e. The van der Waals surface area contributed by atoms with Gasteiger partial charge in [0.25, 0.3) is 5.69 Å². The van der Waals surface area contributed by atoms with Crippen LogP contribution in [0.4, 0.5) is 10.1 Å². The summed E-state index contributed by atoms with van der Waals surface area (Å²) in [6.07, 6.45) is 2.38. The summed E-state index contributed by atoms with van der Waals surface area (Å²) in [5.41, 5.74) is 0.152. The van der Waals surface area contributed by atoms with Gasteiger partial charge >= 0.3 is 0 Å². The van der Waals surface area contributed by atoms with Crippen molar-refractivity contribution in [3.63, 3.8) is 0 Å². The van der Waals surface area contributed by atoms with Crippen molar-refractivity contribution >= 4 is 11.6 Å². The summed E-state index contributed by atoms with van der Waals surface area (Å²) in [5, 5.41) is 16.6. The van der Waals surface area contributed by atoms with Crippen LogP contribution >= 0.6 is 0 Å². The Morgan fingerprint density at radius 1 is 1.45 bits per heavy atom. The van der Waals surface area contributed by atoms with E-state index in [9.17, 15) is 19.3 Å². The average molecular weight is 281 g/mol. The minimum absolute atomic E-state index is 0.0336. The molecule has 0 unspecified atom stereocenters. The van der Waals surface area contributed by atoms with Crippen molar-refractivity contribution in [2.75, 3.05) is 6.54 Å². The van der Waals surface area contributed by atoms with E-state index >= 15 is 0 Å². The van der Waals surface area contributed by atoms with Crippen LogP contribution in [0.5, 0.6) is 0 Å². The van der Waals surface area contributed by atoms with Crippen LogP contribution in [0.3, 0.4) is 0 Å². The van der Waals surface area contributed by atoms with Gasteiger partial charge in [-0.15, -0.1) is 0 Å². The molecule has 1 fully saturated rings. The zero-order valence-corrected chi connectivity index (χ0v) is 10.9. The fourth-order valence-electron chi connectivity index (χ4n) is 1.83. The van der Waals surface area contributed by atoms with Crippen LogP contribution in [0.15, 0.2) is 18.2 Å². The summed E-state index contributed by atoms with van der Waals surface area (Å²) in [5.74, 6) is -0.549. The van der Waals surface area contributed by atoms with Crippen LogP contribution in [0.25, 0.3) is 0 Å². The van der Waals surface area contributed by atoms with Crippen molar-refractivity contribution in [2.24, 2.45) is 0 Å². The predicted molar refractivity (Wildman–Crippen MR) is 70.5 cm³/mol. The molecule has 1 amide bonds. The minimum atomic E-state index is -0.545. The first-order valence-corrected chi connectivity index (χ1v) is 6.49. The maximum atomic E-state index is 13.1. The van der Waals surface area contributed by atoms with Crippen molar-refractivity contribution < 1.29 is 14.1 Å². The molecule has 6 nitrogen and oxygen atoms in total. The van der Waals surface area contributed by atoms with Gasteiger partial charge in [0.15, 0.2) is 0 Å². The van der Waals surface area contributed by atoms with E-state index in [1.165, 1.54) is 0 Å². The van der Waals surface area contributed by atoms with E-state index in [1.807, 2.05) is 0 Å². The van der Waals surface area contributed by atoms with Gasteiger partial charge in [-0.05, 0) is 25.0 Å². The lowest BCUT2D eigenvalue weighted by Crippen LogP contribution is -2.29. The van der Waals surface area contributed by atoms with Gasteiger partial charge in [-0.1, -0.05) is 0 Å². The Morgan fingerprint density at radius 3 is 2.85 bits per heavy atom. The number of carbonyl (C=O) groups excluding carboxylic acids is 1. The molecule has 1 aromatic carbocycles. The van der Waals surface area contributed by atoms with Crippen LogP contribution in [0.2, 0.25) is 0 Å². The highest BCUT2D eigenvalue weighted by atomic mass is 19.1. The number of nitrogens with zero attached hydrogens (tertiary/aromatic N) is 1. The third kappa shape index (κ3) is 4.27. The lowest BCUT2D eigenvalue weighted by molar-refractivity contribution is -0.385. The van der Waals surface area contributed by atoms with Gasteiger partial charge in [-0.2, -0.15) is 0 Å². The number of benzene rings is 1. The van der Waals surface area contributed by atoms with Crippen molar-refractivity contribution in [3.8, 4) is 0 Å². The van der Waals surface area contributed by atoms with Gasteiger partial charge in [0.05, 0.1) is 4.92 Å². The highest BCUT2D eigenvalue weighted by molar-refractivity contribution is 5.76. The van der Waals surface area contributed by atoms with Crippen molar-refractivity contribution in [1.29, 1.82) is 0 Å². The zero-order chi connectivity index (χ0) is 14.5. The number of halogens is 1. The molecule has 1 aliphatic rings. The number of amides is 1. The van der Waals surface area contributed by atoms with E-state index in [2.05, 4.69) is 10.6 Å². The van der Waals surface area contributed by atoms with Gasteiger partial charge in [-0.3, -0.25) is 14.9 Å². The Labute approximate surface area is 115 Å². The fourth-order valence-corrected chi connectivity index (χ4v) is 1.83. The highest BCUT2D eigenvalue weighted by Gasteiger charge is 2.22. The summed E-state index contributed by atoms with van der Waals surface area (Å²) < 4.78 is 13.1. The SMILES string of the molecule is O=C(CCNCc1cc(F)ccc1[N+](=O)[O-])NC1CC1. The number of carbonyl (C=O) groups is 1. The first-order chi connectivity index (χ1) is 9.56. The van der Waals surface area contributed by atoms with Gasteiger partial charge < -0.3 is 10.6 Å². The van der Waals surface area contributed by atoms with Gasteiger partial charge in [-0.25, -0.2) is 4.39 Å². The Bertz CT molecular complexity index is 518. The molecular formula is C13H16FN3O3. The molecule has 7 heteroatoms. The Balaban J connectivity index is 1.79. The molecule has 108 valence electrons. The number of nitrogens with one attached hydrogen (secondary N) is 2. The topological polar surface area (TPSA) is 84.3 Å². The molecule has 0 heterocycles. The van der Waals surface area contributed by atoms with Gasteiger partial charge in [0.2, 0.25) is 5.91 Å². The lowest BCUT2D eigenvalue weighted by Gasteiger charge is -2.06. The molecule has 0 aliphatic heterocycles. The third-order valence-electron chi connectivity index (χ3n) is 3.02. The molecule has 0 bridgehead atoms. The number of rotatable bonds is 7. The highest BCUT2D eigenvalue weighted by Crippen LogP contribution is 2.19. The minimum Gasteiger partial charge on any atom is -0.353 e. The first kappa shape index (κ1) is 14.4. The van der Waals surface area contributed by atoms with Crippen molar-refractivity contribution in [1.82, 2.24) is 10.6 Å². The normalized spacial score (nSPS) is 14.1. The number of nitro groups is 1. The fraction of sp³-hybridized carbons (Fsp3) is 0.462. The molecule has 1 aromatic rings. The van der Waals surface area contributed by atoms with E-state index in [0.717, 1.165) is 31.0 Å². The van der Waals surface area contributed by atoms with E-state index < -0.39 is 10.7 Å². The van der Waals surface area contributed by atoms with E-state index in [-0.39, 0.29) is 23.7 Å². The van der Waals surface area contributed by atoms with Crippen molar-refractivity contribution in [3.05, 3.63) is 39.7 Å². The molecule has 0 aromatic heterocycles. The third-order valence-corrected chi connectivity index (χ3v) is 3.02. The second kappa shape index (κ2) is 6.42. The van der Waals surface area contributed by atoms with Crippen LogP contribution < -0.4 is 10.6 Å². The number of hydrogen-bond donors (Lipinski definition) is 2. The van der Waals surface area contributed by atoms with Crippen LogP contribution in [0, 0.1) is 15.9 Å². The van der Waals surface area contributed by atoms with E-state index in [0.29, 0.717) is 19.0 Å². The summed E-state index contributed by atoms with van der Waals surface area (Å²) in [6.45, 7) is 0.553. The summed E-state index contributed by atoms with van der Waals surface area (Å²) in [4.78, 5) is 21.7. The van der Waals surface area contributed by atoms with Gasteiger partial charge in [0, 0.05) is 37.2 Å². The maximum absolute atomic E-state index is 13.1. The quantitative estimate of drug-likeness (QED) is 0.450. The molecule has 20 heavy (non-hydrogen) atoms. The molecule has 0 radical (unpaired) electrons. The Morgan fingerprint density at radius 2 is 2.20 bits per heavy atom. The van der Waals surface area contributed by atoms with E-state index in [1.54, 1.807) is 0 Å². The molecule has 0 atom stereocenters. The average Bonchev–Trinajstić information content (AvgIpc) is 3.18. The van der Waals surface area contributed by atoms with E-state index in [4.69, 9.17) is 0 Å². The zero-order valence-electron chi connectivity index (χ0n) is 10.9. The van der Waals surface area contributed by atoms with Crippen molar-refractivity contribution in [2.45, 2.75) is 31.8 Å². The molecule has 0 spiro atoms. The monoisotopic (exact) mass is 281 g/mol. The van der Waals surface area contributed by atoms with Crippen LogP contribution in [-0.4, -0.2) is 23.4 Å².